The molecule has 1 aliphatic rings. The lowest BCUT2D eigenvalue weighted by atomic mass is 9.81. The van der Waals surface area contributed by atoms with Gasteiger partial charge in [-0.05, 0) is 38.3 Å². The smallest absolute Gasteiger partial charge is 0.123 e. The van der Waals surface area contributed by atoms with Crippen LogP contribution in [0.2, 0.25) is 0 Å². The van der Waals surface area contributed by atoms with E-state index in [0.29, 0.717) is 0 Å². The van der Waals surface area contributed by atoms with Gasteiger partial charge in [-0.15, -0.1) is 0 Å². The van der Waals surface area contributed by atoms with Gasteiger partial charge in [-0.2, -0.15) is 0 Å². The second kappa shape index (κ2) is 5.54. The molecule has 0 radical (unpaired) electrons. The lowest BCUT2D eigenvalue weighted by molar-refractivity contribution is 0.103. The molecule has 2 atom stereocenters. The van der Waals surface area contributed by atoms with Crippen molar-refractivity contribution in [1.82, 2.24) is 0 Å². The third-order valence-corrected chi connectivity index (χ3v) is 3.41. The molecule has 17 heavy (non-hydrogen) atoms. The van der Waals surface area contributed by atoms with Crippen molar-refractivity contribution >= 4 is 0 Å². The number of aliphatic hydroxyl groups is 1. The highest BCUT2D eigenvalue weighted by atomic mass is 16.5. The molecule has 94 valence electrons. The summed E-state index contributed by atoms with van der Waals surface area (Å²) in [4.78, 5) is 0. The third-order valence-electron chi connectivity index (χ3n) is 3.41. The first-order valence-corrected chi connectivity index (χ1v) is 6.62. The quantitative estimate of drug-likeness (QED) is 0.867. The molecular weight excluding hydrogens is 212 g/mol. The molecule has 1 aromatic rings. The molecule has 1 N–H and O–H groups in total. The standard InChI is InChI=1S/C15H22O2/c1-11(2)17-15-10-6-4-8-13(15)12-7-3-5-9-14(12)16/h4,6,8,10-12,14,16H,3,5,7,9H2,1-2H3. The van der Waals surface area contributed by atoms with E-state index in [2.05, 4.69) is 6.07 Å². The van der Waals surface area contributed by atoms with Crippen LogP contribution in [0, 0.1) is 0 Å². The summed E-state index contributed by atoms with van der Waals surface area (Å²) in [5.74, 6) is 1.19. The molecule has 2 heteroatoms. The van der Waals surface area contributed by atoms with Gasteiger partial charge in [0.1, 0.15) is 5.75 Å². The molecule has 0 saturated heterocycles. The lowest BCUT2D eigenvalue weighted by Gasteiger charge is -2.29. The van der Waals surface area contributed by atoms with Gasteiger partial charge in [-0.25, -0.2) is 0 Å². The Kier molecular flexibility index (Phi) is 4.06. The maximum atomic E-state index is 10.1. The van der Waals surface area contributed by atoms with E-state index in [1.54, 1.807) is 0 Å². The van der Waals surface area contributed by atoms with E-state index in [1.165, 1.54) is 12.0 Å². The second-order valence-electron chi connectivity index (χ2n) is 5.16. The zero-order valence-electron chi connectivity index (χ0n) is 10.7. The lowest BCUT2D eigenvalue weighted by Crippen LogP contribution is -2.23. The minimum atomic E-state index is -0.208. The molecule has 1 aliphatic carbocycles. The van der Waals surface area contributed by atoms with E-state index in [9.17, 15) is 5.11 Å². The van der Waals surface area contributed by atoms with Crippen molar-refractivity contribution in [2.45, 2.75) is 57.7 Å². The van der Waals surface area contributed by atoms with E-state index in [1.807, 2.05) is 32.0 Å². The Morgan fingerprint density at radius 3 is 2.59 bits per heavy atom. The SMILES string of the molecule is CC(C)Oc1ccccc1C1CCCCC1O. The zero-order valence-corrected chi connectivity index (χ0v) is 10.7. The Morgan fingerprint density at radius 2 is 1.88 bits per heavy atom. The molecule has 2 rings (SSSR count). The normalized spacial score (nSPS) is 24.9. The average Bonchev–Trinajstić information content (AvgIpc) is 2.30. The van der Waals surface area contributed by atoms with Gasteiger partial charge >= 0.3 is 0 Å². The highest BCUT2D eigenvalue weighted by Crippen LogP contribution is 2.37. The molecule has 1 aromatic carbocycles. The molecule has 0 aromatic heterocycles. The summed E-state index contributed by atoms with van der Waals surface area (Å²) < 4.78 is 5.84. The summed E-state index contributed by atoms with van der Waals surface area (Å²) in [5.41, 5.74) is 1.17. The minimum absolute atomic E-state index is 0.178. The molecule has 0 heterocycles. The Bertz CT molecular complexity index is 360. The van der Waals surface area contributed by atoms with Gasteiger partial charge < -0.3 is 9.84 Å². The first kappa shape index (κ1) is 12.4. The molecule has 0 spiro atoms. The summed E-state index contributed by atoms with van der Waals surface area (Å²) in [6.07, 6.45) is 4.31. The Morgan fingerprint density at radius 1 is 1.18 bits per heavy atom. The maximum absolute atomic E-state index is 10.1. The molecule has 1 fully saturated rings. The van der Waals surface area contributed by atoms with Crippen LogP contribution in [-0.4, -0.2) is 17.3 Å². The number of para-hydroxylation sites is 1. The molecule has 0 bridgehead atoms. The topological polar surface area (TPSA) is 29.5 Å². The summed E-state index contributed by atoms with van der Waals surface area (Å²) in [6, 6.07) is 8.13. The highest BCUT2D eigenvalue weighted by Gasteiger charge is 2.26. The Labute approximate surface area is 104 Å². The molecule has 1 saturated carbocycles. The first-order chi connectivity index (χ1) is 8.18. The fraction of sp³-hybridized carbons (Fsp3) is 0.600. The van der Waals surface area contributed by atoms with Crippen molar-refractivity contribution in [3.05, 3.63) is 29.8 Å². The predicted octanol–water partition coefficient (Wildman–Crippen LogP) is 3.49. The van der Waals surface area contributed by atoms with Gasteiger partial charge in [-0.1, -0.05) is 31.0 Å². The number of hydrogen-bond acceptors (Lipinski definition) is 2. The van der Waals surface area contributed by atoms with Gasteiger partial charge in [0.2, 0.25) is 0 Å². The van der Waals surface area contributed by atoms with Crippen LogP contribution in [0.3, 0.4) is 0 Å². The van der Waals surface area contributed by atoms with E-state index in [4.69, 9.17) is 4.74 Å². The van der Waals surface area contributed by atoms with Gasteiger partial charge in [0, 0.05) is 5.92 Å². The van der Waals surface area contributed by atoms with Crippen molar-refractivity contribution in [1.29, 1.82) is 0 Å². The van der Waals surface area contributed by atoms with E-state index >= 15 is 0 Å². The number of ether oxygens (including phenoxy) is 1. The summed E-state index contributed by atoms with van der Waals surface area (Å²) in [7, 11) is 0. The van der Waals surface area contributed by atoms with E-state index in [0.717, 1.165) is 25.0 Å². The zero-order chi connectivity index (χ0) is 12.3. The van der Waals surface area contributed by atoms with E-state index in [-0.39, 0.29) is 18.1 Å². The Hall–Kier alpha value is -1.02. The summed E-state index contributed by atoms with van der Waals surface area (Å²) in [6.45, 7) is 4.07. The second-order valence-corrected chi connectivity index (χ2v) is 5.16. The number of hydrogen-bond donors (Lipinski definition) is 1. The first-order valence-electron chi connectivity index (χ1n) is 6.62. The molecule has 2 nitrogen and oxygen atoms in total. The van der Waals surface area contributed by atoms with Crippen LogP contribution in [0.1, 0.15) is 51.0 Å². The van der Waals surface area contributed by atoms with Crippen LogP contribution in [0.25, 0.3) is 0 Å². The summed E-state index contributed by atoms with van der Waals surface area (Å²) in [5, 5.41) is 10.1. The highest BCUT2D eigenvalue weighted by molar-refractivity contribution is 5.37. The molecular formula is C15H22O2. The number of aliphatic hydroxyl groups excluding tert-OH is 1. The Balaban J connectivity index is 2.23. The van der Waals surface area contributed by atoms with Crippen molar-refractivity contribution in [3.63, 3.8) is 0 Å². The van der Waals surface area contributed by atoms with Crippen LogP contribution in [0.5, 0.6) is 5.75 Å². The number of benzene rings is 1. The molecule has 2 unspecified atom stereocenters. The van der Waals surface area contributed by atoms with Crippen LogP contribution in [0.4, 0.5) is 0 Å². The van der Waals surface area contributed by atoms with Crippen LogP contribution in [-0.2, 0) is 0 Å². The molecule has 0 aliphatic heterocycles. The third kappa shape index (κ3) is 3.01. The van der Waals surface area contributed by atoms with Gasteiger partial charge in [0.25, 0.3) is 0 Å². The van der Waals surface area contributed by atoms with Crippen LogP contribution < -0.4 is 4.74 Å². The van der Waals surface area contributed by atoms with Crippen molar-refractivity contribution in [3.8, 4) is 5.75 Å². The fourth-order valence-corrected chi connectivity index (χ4v) is 2.62. The van der Waals surface area contributed by atoms with Gasteiger partial charge in [0.05, 0.1) is 12.2 Å². The average molecular weight is 234 g/mol. The van der Waals surface area contributed by atoms with Gasteiger partial charge in [0.15, 0.2) is 0 Å². The summed E-state index contributed by atoms with van der Waals surface area (Å²) >= 11 is 0. The predicted molar refractivity (Wildman–Crippen MR) is 69.4 cm³/mol. The van der Waals surface area contributed by atoms with Crippen molar-refractivity contribution in [2.24, 2.45) is 0 Å². The largest absolute Gasteiger partial charge is 0.491 e. The van der Waals surface area contributed by atoms with Crippen molar-refractivity contribution < 1.29 is 9.84 Å². The number of rotatable bonds is 3. The van der Waals surface area contributed by atoms with E-state index < -0.39 is 0 Å². The minimum Gasteiger partial charge on any atom is -0.491 e. The van der Waals surface area contributed by atoms with Crippen LogP contribution >= 0.6 is 0 Å². The maximum Gasteiger partial charge on any atom is 0.123 e. The van der Waals surface area contributed by atoms with Crippen molar-refractivity contribution in [2.75, 3.05) is 0 Å². The molecule has 0 amide bonds. The van der Waals surface area contributed by atoms with Gasteiger partial charge in [-0.3, -0.25) is 0 Å². The fourth-order valence-electron chi connectivity index (χ4n) is 2.62. The monoisotopic (exact) mass is 234 g/mol. The van der Waals surface area contributed by atoms with Crippen LogP contribution in [0.15, 0.2) is 24.3 Å².